The van der Waals surface area contributed by atoms with Gasteiger partial charge in [-0.05, 0) is 36.8 Å². The van der Waals surface area contributed by atoms with E-state index in [1.807, 2.05) is 6.92 Å². The van der Waals surface area contributed by atoms with Crippen molar-refractivity contribution >= 4 is 5.82 Å². The van der Waals surface area contributed by atoms with Gasteiger partial charge in [-0.3, -0.25) is 0 Å². The highest BCUT2D eigenvalue weighted by atomic mass is 19.2. The fraction of sp³-hybridized carbons (Fsp3) is 0.214. The van der Waals surface area contributed by atoms with Gasteiger partial charge in [0.1, 0.15) is 0 Å². The Kier molecular flexibility index (Phi) is 4.28. The molecule has 1 aromatic heterocycles. The number of nitrogens with zero attached hydrogens (tertiary/aromatic N) is 1. The molecule has 0 saturated heterocycles. The van der Waals surface area contributed by atoms with E-state index >= 15 is 0 Å². The first-order valence-electron chi connectivity index (χ1n) is 5.96. The summed E-state index contributed by atoms with van der Waals surface area (Å²) in [5, 5.41) is 3.04. The van der Waals surface area contributed by atoms with E-state index in [2.05, 4.69) is 10.3 Å². The zero-order valence-corrected chi connectivity index (χ0v) is 10.5. The first kappa shape index (κ1) is 13.3. The summed E-state index contributed by atoms with van der Waals surface area (Å²) in [5.74, 6) is -0.497. The third-order valence-electron chi connectivity index (χ3n) is 2.51. The molecule has 0 atom stereocenters. The summed E-state index contributed by atoms with van der Waals surface area (Å²) in [6.45, 7) is 2.76. The Morgan fingerprint density at radius 3 is 2.79 bits per heavy atom. The quantitative estimate of drug-likeness (QED) is 0.899. The van der Waals surface area contributed by atoms with E-state index in [0.29, 0.717) is 30.3 Å². The lowest BCUT2D eigenvalue weighted by Crippen LogP contribution is -2.05. The molecule has 1 N–H and O–H groups in total. The molecule has 0 saturated carbocycles. The number of rotatable bonds is 5. The summed E-state index contributed by atoms with van der Waals surface area (Å²) >= 11 is 0. The molecule has 0 fully saturated rings. The van der Waals surface area contributed by atoms with Crippen LogP contribution < -0.4 is 10.1 Å². The molecule has 5 heteroatoms. The van der Waals surface area contributed by atoms with Crippen LogP contribution in [0.4, 0.5) is 14.6 Å². The maximum absolute atomic E-state index is 13.1. The van der Waals surface area contributed by atoms with Crippen LogP contribution >= 0.6 is 0 Å². The molecule has 0 aliphatic heterocycles. The lowest BCUT2D eigenvalue weighted by Gasteiger charge is -2.11. The van der Waals surface area contributed by atoms with Gasteiger partial charge in [0.25, 0.3) is 0 Å². The molecule has 0 aliphatic rings. The first-order chi connectivity index (χ1) is 9.20. The predicted octanol–water partition coefficient (Wildman–Crippen LogP) is 3.37. The minimum atomic E-state index is -0.856. The van der Waals surface area contributed by atoms with Gasteiger partial charge in [0, 0.05) is 12.7 Å². The number of pyridine rings is 1. The van der Waals surface area contributed by atoms with Crippen LogP contribution in [0, 0.1) is 11.6 Å². The van der Waals surface area contributed by atoms with Gasteiger partial charge in [0.05, 0.1) is 6.61 Å². The van der Waals surface area contributed by atoms with Gasteiger partial charge in [-0.15, -0.1) is 0 Å². The fourth-order valence-electron chi connectivity index (χ4n) is 1.63. The smallest absolute Gasteiger partial charge is 0.169 e. The van der Waals surface area contributed by atoms with Gasteiger partial charge in [-0.2, -0.15) is 0 Å². The average Bonchev–Trinajstić information content (AvgIpc) is 2.42. The van der Waals surface area contributed by atoms with Crippen LogP contribution in [0.25, 0.3) is 0 Å². The summed E-state index contributed by atoms with van der Waals surface area (Å²) in [4.78, 5) is 4.15. The van der Waals surface area contributed by atoms with E-state index in [0.717, 1.165) is 12.1 Å². The highest BCUT2D eigenvalue weighted by molar-refractivity contribution is 5.49. The third-order valence-corrected chi connectivity index (χ3v) is 2.51. The molecule has 1 heterocycles. The SMILES string of the molecule is CCOc1cccnc1NCc1ccc(F)c(F)c1. The van der Waals surface area contributed by atoms with E-state index in [4.69, 9.17) is 4.74 Å². The van der Waals surface area contributed by atoms with E-state index in [1.165, 1.54) is 6.07 Å². The number of halogens is 2. The third kappa shape index (κ3) is 3.40. The average molecular weight is 264 g/mol. The normalized spacial score (nSPS) is 10.3. The molecule has 0 amide bonds. The summed E-state index contributed by atoms with van der Waals surface area (Å²) in [6, 6.07) is 7.35. The van der Waals surface area contributed by atoms with Crippen molar-refractivity contribution in [3.05, 3.63) is 53.7 Å². The van der Waals surface area contributed by atoms with Crippen molar-refractivity contribution in [1.82, 2.24) is 4.98 Å². The van der Waals surface area contributed by atoms with Gasteiger partial charge < -0.3 is 10.1 Å². The molecule has 100 valence electrons. The van der Waals surface area contributed by atoms with Gasteiger partial charge in [-0.25, -0.2) is 13.8 Å². The summed E-state index contributed by atoms with van der Waals surface area (Å²) in [5.41, 5.74) is 0.631. The largest absolute Gasteiger partial charge is 0.490 e. The second kappa shape index (κ2) is 6.13. The predicted molar refractivity (Wildman–Crippen MR) is 69.1 cm³/mol. The van der Waals surface area contributed by atoms with E-state index in [-0.39, 0.29) is 0 Å². The molecule has 0 unspecified atom stereocenters. The summed E-state index contributed by atoms with van der Waals surface area (Å²) in [6.07, 6.45) is 1.64. The number of hydrogen-bond acceptors (Lipinski definition) is 3. The minimum Gasteiger partial charge on any atom is -0.490 e. The van der Waals surface area contributed by atoms with E-state index < -0.39 is 11.6 Å². The molecular weight excluding hydrogens is 250 g/mol. The van der Waals surface area contributed by atoms with Crippen molar-refractivity contribution in [2.75, 3.05) is 11.9 Å². The van der Waals surface area contributed by atoms with Crippen LogP contribution in [-0.4, -0.2) is 11.6 Å². The number of benzene rings is 1. The van der Waals surface area contributed by atoms with Crippen molar-refractivity contribution in [3.63, 3.8) is 0 Å². The number of anilines is 1. The lowest BCUT2D eigenvalue weighted by atomic mass is 10.2. The standard InChI is InChI=1S/C14H14F2N2O/c1-2-19-13-4-3-7-17-14(13)18-9-10-5-6-11(15)12(16)8-10/h3-8H,2,9H2,1H3,(H,17,18). The van der Waals surface area contributed by atoms with Crippen LogP contribution in [0.15, 0.2) is 36.5 Å². The Labute approximate surface area is 110 Å². The van der Waals surface area contributed by atoms with Crippen LogP contribution in [-0.2, 0) is 6.54 Å². The maximum atomic E-state index is 13.1. The molecule has 0 aliphatic carbocycles. The van der Waals surface area contributed by atoms with Crippen molar-refractivity contribution in [1.29, 1.82) is 0 Å². The van der Waals surface area contributed by atoms with Gasteiger partial charge in [-0.1, -0.05) is 6.07 Å². The van der Waals surface area contributed by atoms with E-state index in [9.17, 15) is 8.78 Å². The molecule has 0 bridgehead atoms. The van der Waals surface area contributed by atoms with E-state index in [1.54, 1.807) is 18.3 Å². The lowest BCUT2D eigenvalue weighted by molar-refractivity contribution is 0.340. The van der Waals surface area contributed by atoms with Crippen molar-refractivity contribution in [2.45, 2.75) is 13.5 Å². The fourth-order valence-corrected chi connectivity index (χ4v) is 1.63. The Hall–Kier alpha value is -2.17. The van der Waals surface area contributed by atoms with Crippen LogP contribution in [0.5, 0.6) is 5.75 Å². The Morgan fingerprint density at radius 1 is 1.21 bits per heavy atom. The number of ether oxygens (including phenoxy) is 1. The van der Waals surface area contributed by atoms with Crippen LogP contribution in [0.1, 0.15) is 12.5 Å². The highest BCUT2D eigenvalue weighted by Crippen LogP contribution is 2.21. The topological polar surface area (TPSA) is 34.1 Å². The molecule has 1 aromatic carbocycles. The molecule has 0 spiro atoms. The van der Waals surface area contributed by atoms with Gasteiger partial charge in [0.2, 0.25) is 0 Å². The Bertz CT molecular complexity index is 561. The Balaban J connectivity index is 2.07. The highest BCUT2D eigenvalue weighted by Gasteiger charge is 2.05. The summed E-state index contributed by atoms with van der Waals surface area (Å²) in [7, 11) is 0. The number of nitrogens with one attached hydrogen (secondary N) is 1. The zero-order valence-electron chi connectivity index (χ0n) is 10.5. The first-order valence-corrected chi connectivity index (χ1v) is 5.96. The van der Waals surface area contributed by atoms with Gasteiger partial charge in [0.15, 0.2) is 23.2 Å². The van der Waals surface area contributed by atoms with Crippen LogP contribution in [0.3, 0.4) is 0 Å². The van der Waals surface area contributed by atoms with Crippen molar-refractivity contribution < 1.29 is 13.5 Å². The Morgan fingerprint density at radius 2 is 2.05 bits per heavy atom. The minimum absolute atomic E-state index is 0.342. The number of aromatic nitrogens is 1. The molecule has 3 nitrogen and oxygen atoms in total. The summed E-state index contributed by atoms with van der Waals surface area (Å²) < 4.78 is 31.3. The molecule has 2 rings (SSSR count). The van der Waals surface area contributed by atoms with Gasteiger partial charge >= 0.3 is 0 Å². The zero-order chi connectivity index (χ0) is 13.7. The monoisotopic (exact) mass is 264 g/mol. The van der Waals surface area contributed by atoms with Crippen LogP contribution in [0.2, 0.25) is 0 Å². The molecule has 0 radical (unpaired) electrons. The number of hydrogen-bond donors (Lipinski definition) is 1. The van der Waals surface area contributed by atoms with Crippen molar-refractivity contribution in [2.24, 2.45) is 0 Å². The molecule has 2 aromatic rings. The van der Waals surface area contributed by atoms with Crippen molar-refractivity contribution in [3.8, 4) is 5.75 Å². The maximum Gasteiger partial charge on any atom is 0.169 e. The molecule has 19 heavy (non-hydrogen) atoms. The second-order valence-electron chi connectivity index (χ2n) is 3.89. The molecular formula is C14H14F2N2O. The second-order valence-corrected chi connectivity index (χ2v) is 3.89.